The van der Waals surface area contributed by atoms with Crippen molar-refractivity contribution in [2.45, 2.75) is 32.7 Å². The van der Waals surface area contributed by atoms with Gasteiger partial charge in [0.2, 0.25) is 0 Å². The van der Waals surface area contributed by atoms with E-state index in [-0.39, 0.29) is 0 Å². The van der Waals surface area contributed by atoms with Crippen LogP contribution in [0.3, 0.4) is 0 Å². The van der Waals surface area contributed by atoms with Crippen LogP contribution < -0.4 is 10.2 Å². The zero-order chi connectivity index (χ0) is 14.9. The van der Waals surface area contributed by atoms with Crippen LogP contribution in [0.4, 0.5) is 5.13 Å². The molecular formula is C15H27N3O2S. The highest BCUT2D eigenvalue weighted by atomic mass is 32.1. The minimum atomic E-state index is 0.748. The Bertz CT molecular complexity index is 404. The SMILES string of the molecule is CCCc1nc(N2CCCOCC2)sc1CNCCOC. The fraction of sp³-hybridized carbons (Fsp3) is 0.800. The van der Waals surface area contributed by atoms with Gasteiger partial charge in [0.05, 0.1) is 18.9 Å². The molecular weight excluding hydrogens is 286 g/mol. The Labute approximate surface area is 131 Å². The monoisotopic (exact) mass is 313 g/mol. The summed E-state index contributed by atoms with van der Waals surface area (Å²) >= 11 is 1.83. The predicted octanol–water partition coefficient (Wildman–Crippen LogP) is 2.06. The molecule has 0 atom stereocenters. The summed E-state index contributed by atoms with van der Waals surface area (Å²) in [6, 6.07) is 0. The molecule has 0 bridgehead atoms. The maximum Gasteiger partial charge on any atom is 0.185 e. The van der Waals surface area contributed by atoms with Gasteiger partial charge in [0.1, 0.15) is 0 Å². The average Bonchev–Trinajstić information content (AvgIpc) is 2.72. The van der Waals surface area contributed by atoms with Crippen LogP contribution >= 0.6 is 11.3 Å². The summed E-state index contributed by atoms with van der Waals surface area (Å²) in [6.07, 6.45) is 3.28. The third kappa shape index (κ3) is 5.21. The topological polar surface area (TPSA) is 46.6 Å². The molecule has 1 aromatic heterocycles. The maximum atomic E-state index is 5.53. The van der Waals surface area contributed by atoms with Gasteiger partial charge in [-0.15, -0.1) is 11.3 Å². The van der Waals surface area contributed by atoms with Crippen molar-refractivity contribution in [3.05, 3.63) is 10.6 Å². The Morgan fingerprint density at radius 2 is 2.29 bits per heavy atom. The van der Waals surface area contributed by atoms with Gasteiger partial charge >= 0.3 is 0 Å². The van der Waals surface area contributed by atoms with Gasteiger partial charge < -0.3 is 19.7 Å². The quantitative estimate of drug-likeness (QED) is 0.744. The number of hydrogen-bond donors (Lipinski definition) is 1. The van der Waals surface area contributed by atoms with E-state index in [9.17, 15) is 0 Å². The molecule has 6 heteroatoms. The minimum absolute atomic E-state index is 0.748. The third-order valence-electron chi connectivity index (χ3n) is 3.52. The number of hydrogen-bond acceptors (Lipinski definition) is 6. The van der Waals surface area contributed by atoms with E-state index in [4.69, 9.17) is 14.5 Å². The highest BCUT2D eigenvalue weighted by Gasteiger charge is 2.17. The molecule has 1 saturated heterocycles. The summed E-state index contributed by atoms with van der Waals surface area (Å²) in [4.78, 5) is 8.62. The van der Waals surface area contributed by atoms with Crippen LogP contribution in [0.25, 0.3) is 0 Å². The van der Waals surface area contributed by atoms with Gasteiger partial charge in [-0.3, -0.25) is 0 Å². The van der Waals surface area contributed by atoms with Crippen LogP contribution in [0, 0.1) is 0 Å². The van der Waals surface area contributed by atoms with Crippen molar-refractivity contribution in [3.63, 3.8) is 0 Å². The van der Waals surface area contributed by atoms with Crippen molar-refractivity contribution in [1.82, 2.24) is 10.3 Å². The molecule has 0 unspecified atom stereocenters. The first kappa shape index (κ1) is 16.7. The van der Waals surface area contributed by atoms with E-state index in [2.05, 4.69) is 17.1 Å². The van der Waals surface area contributed by atoms with Crippen molar-refractivity contribution in [2.75, 3.05) is 51.5 Å². The summed E-state index contributed by atoms with van der Waals surface area (Å²) in [6.45, 7) is 8.41. The fourth-order valence-electron chi connectivity index (χ4n) is 2.39. The van der Waals surface area contributed by atoms with Gasteiger partial charge in [-0.2, -0.15) is 0 Å². The average molecular weight is 313 g/mol. The Kier molecular flexibility index (Phi) is 7.43. The summed E-state index contributed by atoms with van der Waals surface area (Å²) in [5, 5.41) is 4.59. The zero-order valence-corrected chi connectivity index (χ0v) is 14.0. The van der Waals surface area contributed by atoms with Gasteiger partial charge in [0.15, 0.2) is 5.13 Å². The largest absolute Gasteiger partial charge is 0.383 e. The molecule has 2 rings (SSSR count). The predicted molar refractivity (Wildman–Crippen MR) is 87.3 cm³/mol. The summed E-state index contributed by atoms with van der Waals surface area (Å²) in [5.41, 5.74) is 1.26. The molecule has 0 amide bonds. The number of thiazole rings is 1. The van der Waals surface area contributed by atoms with E-state index in [0.29, 0.717) is 0 Å². The maximum absolute atomic E-state index is 5.53. The molecule has 1 aromatic rings. The van der Waals surface area contributed by atoms with Gasteiger partial charge in [-0.25, -0.2) is 4.98 Å². The first-order valence-corrected chi connectivity index (χ1v) is 8.67. The lowest BCUT2D eigenvalue weighted by Gasteiger charge is -2.17. The lowest BCUT2D eigenvalue weighted by Crippen LogP contribution is -2.25. The number of nitrogens with zero attached hydrogens (tertiary/aromatic N) is 2. The van der Waals surface area contributed by atoms with Crippen LogP contribution in [-0.2, 0) is 22.4 Å². The Morgan fingerprint density at radius 3 is 3.10 bits per heavy atom. The van der Waals surface area contributed by atoms with E-state index >= 15 is 0 Å². The molecule has 2 heterocycles. The molecule has 0 aliphatic carbocycles. The van der Waals surface area contributed by atoms with E-state index in [0.717, 1.165) is 70.4 Å². The second kappa shape index (κ2) is 9.35. The summed E-state index contributed by atoms with van der Waals surface area (Å²) in [7, 11) is 1.73. The highest BCUT2D eigenvalue weighted by Crippen LogP contribution is 2.28. The second-order valence-electron chi connectivity index (χ2n) is 5.24. The number of aromatic nitrogens is 1. The van der Waals surface area contributed by atoms with E-state index in [1.807, 2.05) is 11.3 Å². The summed E-state index contributed by atoms with van der Waals surface area (Å²) in [5.74, 6) is 0. The molecule has 5 nitrogen and oxygen atoms in total. The Morgan fingerprint density at radius 1 is 1.38 bits per heavy atom. The zero-order valence-electron chi connectivity index (χ0n) is 13.2. The first-order chi connectivity index (χ1) is 10.3. The molecule has 0 spiro atoms. The molecule has 1 fully saturated rings. The normalized spacial score (nSPS) is 16.2. The number of nitrogens with one attached hydrogen (secondary N) is 1. The molecule has 1 aliphatic rings. The van der Waals surface area contributed by atoms with Crippen LogP contribution in [0.15, 0.2) is 0 Å². The van der Waals surface area contributed by atoms with Crippen molar-refractivity contribution in [2.24, 2.45) is 0 Å². The highest BCUT2D eigenvalue weighted by molar-refractivity contribution is 7.15. The van der Waals surface area contributed by atoms with Crippen LogP contribution in [0.2, 0.25) is 0 Å². The van der Waals surface area contributed by atoms with Crippen LogP contribution in [0.5, 0.6) is 0 Å². The Hall–Kier alpha value is -0.690. The fourth-order valence-corrected chi connectivity index (χ4v) is 3.52. The van der Waals surface area contributed by atoms with Crippen molar-refractivity contribution >= 4 is 16.5 Å². The first-order valence-electron chi connectivity index (χ1n) is 7.86. The van der Waals surface area contributed by atoms with Gasteiger partial charge in [-0.05, 0) is 12.8 Å². The van der Waals surface area contributed by atoms with Gasteiger partial charge in [0.25, 0.3) is 0 Å². The summed E-state index contributed by atoms with van der Waals surface area (Å²) < 4.78 is 10.6. The van der Waals surface area contributed by atoms with Crippen molar-refractivity contribution in [1.29, 1.82) is 0 Å². The standard InChI is InChI=1S/C15H27N3O2S/c1-3-5-13-14(12-16-6-10-19-2)21-15(17-13)18-7-4-9-20-11-8-18/h16H,3-12H2,1-2H3. The molecule has 0 saturated carbocycles. The smallest absolute Gasteiger partial charge is 0.185 e. The molecule has 0 aromatic carbocycles. The Balaban J connectivity index is 2.00. The molecule has 120 valence electrons. The minimum Gasteiger partial charge on any atom is -0.383 e. The lowest BCUT2D eigenvalue weighted by molar-refractivity contribution is 0.152. The molecule has 21 heavy (non-hydrogen) atoms. The van der Waals surface area contributed by atoms with Gasteiger partial charge in [0, 0.05) is 44.8 Å². The number of aryl methyl sites for hydroxylation is 1. The van der Waals surface area contributed by atoms with Crippen molar-refractivity contribution < 1.29 is 9.47 Å². The molecule has 1 N–H and O–H groups in total. The van der Waals surface area contributed by atoms with Gasteiger partial charge in [-0.1, -0.05) is 13.3 Å². The third-order valence-corrected chi connectivity index (χ3v) is 4.67. The number of ether oxygens (including phenoxy) is 2. The molecule has 1 aliphatic heterocycles. The second-order valence-corrected chi connectivity index (χ2v) is 6.30. The number of rotatable bonds is 8. The van der Waals surface area contributed by atoms with E-state index < -0.39 is 0 Å². The van der Waals surface area contributed by atoms with Crippen LogP contribution in [0.1, 0.15) is 30.3 Å². The number of methoxy groups -OCH3 is 1. The molecule has 0 radical (unpaired) electrons. The van der Waals surface area contributed by atoms with Crippen molar-refractivity contribution in [3.8, 4) is 0 Å². The van der Waals surface area contributed by atoms with E-state index in [1.165, 1.54) is 10.6 Å². The number of anilines is 1. The van der Waals surface area contributed by atoms with E-state index in [1.54, 1.807) is 7.11 Å². The lowest BCUT2D eigenvalue weighted by atomic mass is 10.2. The van der Waals surface area contributed by atoms with Crippen LogP contribution in [-0.4, -0.2) is 51.5 Å².